The zero-order valence-electron chi connectivity index (χ0n) is 18.1. The fourth-order valence-corrected chi connectivity index (χ4v) is 4.64. The van der Waals surface area contributed by atoms with E-state index < -0.39 is 5.41 Å². The molecule has 1 amide bonds. The smallest absolute Gasteiger partial charge is 0.230 e. The first-order valence-corrected chi connectivity index (χ1v) is 11.2. The lowest BCUT2D eigenvalue weighted by Crippen LogP contribution is -2.48. The largest absolute Gasteiger partial charge is 0.381 e. The Labute approximate surface area is 186 Å². The van der Waals surface area contributed by atoms with E-state index in [9.17, 15) is 4.79 Å². The molecule has 168 valence electrons. The number of hydrogen-bond donors (Lipinski definition) is 1. The summed E-state index contributed by atoms with van der Waals surface area (Å²) in [6, 6.07) is 10.0. The van der Waals surface area contributed by atoms with Crippen LogP contribution in [0.5, 0.6) is 0 Å². The van der Waals surface area contributed by atoms with Gasteiger partial charge < -0.3 is 19.7 Å². The summed E-state index contributed by atoms with van der Waals surface area (Å²) < 4.78 is 12.8. The Hall–Kier alpha value is -3.04. The molecule has 1 aromatic carbocycles. The maximum absolute atomic E-state index is 13.3. The van der Waals surface area contributed by atoms with E-state index in [1.165, 1.54) is 0 Å². The summed E-state index contributed by atoms with van der Waals surface area (Å²) in [7, 11) is 0. The molecule has 0 atom stereocenters. The third-order valence-electron chi connectivity index (χ3n) is 6.44. The number of nitrogens with zero attached hydrogens (tertiary/aromatic N) is 5. The van der Waals surface area contributed by atoms with Gasteiger partial charge in [-0.2, -0.15) is 5.10 Å². The Bertz CT molecular complexity index is 1060. The Kier molecular flexibility index (Phi) is 6.00. The third-order valence-corrected chi connectivity index (χ3v) is 6.44. The van der Waals surface area contributed by atoms with Gasteiger partial charge in [0.15, 0.2) is 5.65 Å². The number of anilines is 1. The molecule has 32 heavy (non-hydrogen) atoms. The average molecular weight is 437 g/mol. The fraction of sp³-hybridized carbons (Fsp3) is 0.478. The van der Waals surface area contributed by atoms with Crippen LogP contribution in [0.3, 0.4) is 0 Å². The molecule has 2 saturated heterocycles. The number of ether oxygens (including phenoxy) is 2. The highest BCUT2D eigenvalue weighted by atomic mass is 16.5. The lowest BCUT2D eigenvalue weighted by atomic mass is 9.73. The zero-order valence-corrected chi connectivity index (χ0v) is 18.1. The van der Waals surface area contributed by atoms with E-state index in [4.69, 9.17) is 9.47 Å². The topological polar surface area (TPSA) is 94.4 Å². The molecular formula is C23H28N6O3. The Morgan fingerprint density at radius 1 is 1.03 bits per heavy atom. The number of carbonyl (C=O) groups is 1. The highest BCUT2D eigenvalue weighted by molar-refractivity contribution is 5.88. The van der Waals surface area contributed by atoms with Crippen molar-refractivity contribution in [1.82, 2.24) is 25.1 Å². The quantitative estimate of drug-likeness (QED) is 0.626. The predicted octanol–water partition coefficient (Wildman–Crippen LogP) is 1.53. The van der Waals surface area contributed by atoms with Crippen molar-refractivity contribution in [2.75, 3.05) is 51.0 Å². The summed E-state index contributed by atoms with van der Waals surface area (Å²) >= 11 is 0. The van der Waals surface area contributed by atoms with Crippen molar-refractivity contribution in [2.24, 2.45) is 0 Å². The van der Waals surface area contributed by atoms with E-state index in [0.717, 1.165) is 35.5 Å². The number of aromatic nitrogens is 4. The molecule has 0 bridgehead atoms. The molecule has 1 N–H and O–H groups in total. The summed E-state index contributed by atoms with van der Waals surface area (Å²) in [6.45, 7) is 5.19. The van der Waals surface area contributed by atoms with Gasteiger partial charge in [-0.15, -0.1) is 0 Å². The van der Waals surface area contributed by atoms with Crippen LogP contribution >= 0.6 is 0 Å². The lowest BCUT2D eigenvalue weighted by Gasteiger charge is -2.36. The van der Waals surface area contributed by atoms with E-state index in [1.54, 1.807) is 6.33 Å². The molecule has 0 aliphatic carbocycles. The van der Waals surface area contributed by atoms with Crippen LogP contribution in [-0.4, -0.2) is 71.7 Å². The maximum atomic E-state index is 13.3. The van der Waals surface area contributed by atoms with Crippen molar-refractivity contribution in [3.05, 3.63) is 48.4 Å². The van der Waals surface area contributed by atoms with Crippen molar-refractivity contribution in [3.63, 3.8) is 0 Å². The zero-order chi connectivity index (χ0) is 21.8. The Morgan fingerprint density at radius 3 is 2.56 bits per heavy atom. The molecule has 2 aliphatic heterocycles. The van der Waals surface area contributed by atoms with Crippen molar-refractivity contribution < 1.29 is 14.3 Å². The second-order valence-corrected chi connectivity index (χ2v) is 8.22. The molecule has 2 aromatic heterocycles. The van der Waals surface area contributed by atoms with Crippen LogP contribution in [0.4, 0.5) is 5.82 Å². The van der Waals surface area contributed by atoms with Crippen LogP contribution in [0.1, 0.15) is 18.4 Å². The van der Waals surface area contributed by atoms with E-state index in [0.29, 0.717) is 52.4 Å². The minimum Gasteiger partial charge on any atom is -0.381 e. The van der Waals surface area contributed by atoms with Crippen molar-refractivity contribution >= 4 is 22.8 Å². The van der Waals surface area contributed by atoms with Gasteiger partial charge in [0.2, 0.25) is 5.91 Å². The van der Waals surface area contributed by atoms with Crippen LogP contribution < -0.4 is 10.2 Å². The van der Waals surface area contributed by atoms with Gasteiger partial charge in [-0.05, 0) is 18.4 Å². The molecule has 0 saturated carbocycles. The molecule has 2 fully saturated rings. The number of amides is 1. The number of nitrogens with one attached hydrogen (secondary N) is 1. The van der Waals surface area contributed by atoms with E-state index >= 15 is 0 Å². The third kappa shape index (κ3) is 3.93. The van der Waals surface area contributed by atoms with Gasteiger partial charge in [0.05, 0.1) is 36.8 Å². The number of rotatable bonds is 6. The predicted molar refractivity (Wildman–Crippen MR) is 120 cm³/mol. The monoisotopic (exact) mass is 436 g/mol. The van der Waals surface area contributed by atoms with Gasteiger partial charge in [-0.3, -0.25) is 4.79 Å². The molecule has 4 heterocycles. The van der Waals surface area contributed by atoms with Crippen molar-refractivity contribution in [1.29, 1.82) is 0 Å². The van der Waals surface area contributed by atoms with Crippen LogP contribution in [0, 0.1) is 0 Å². The fourth-order valence-electron chi connectivity index (χ4n) is 4.64. The molecule has 0 spiro atoms. The van der Waals surface area contributed by atoms with Gasteiger partial charge in [0.1, 0.15) is 12.1 Å². The van der Waals surface area contributed by atoms with Crippen LogP contribution in [0.2, 0.25) is 0 Å². The maximum Gasteiger partial charge on any atom is 0.230 e. The lowest BCUT2D eigenvalue weighted by molar-refractivity contribution is -0.130. The summed E-state index contributed by atoms with van der Waals surface area (Å²) in [5, 5.41) is 8.59. The number of morpholine rings is 1. The number of benzene rings is 1. The van der Waals surface area contributed by atoms with Crippen LogP contribution in [-0.2, 0) is 26.2 Å². The Morgan fingerprint density at radius 2 is 1.78 bits per heavy atom. The van der Waals surface area contributed by atoms with E-state index in [-0.39, 0.29) is 5.91 Å². The molecule has 9 nitrogen and oxygen atoms in total. The first-order chi connectivity index (χ1) is 15.8. The van der Waals surface area contributed by atoms with Gasteiger partial charge in [-0.1, -0.05) is 30.3 Å². The van der Waals surface area contributed by atoms with E-state index in [2.05, 4.69) is 25.3 Å². The average Bonchev–Trinajstić information content (AvgIpc) is 3.28. The highest BCUT2D eigenvalue weighted by Crippen LogP contribution is 2.35. The van der Waals surface area contributed by atoms with Gasteiger partial charge in [0.25, 0.3) is 0 Å². The summed E-state index contributed by atoms with van der Waals surface area (Å²) in [6.07, 6.45) is 4.76. The second kappa shape index (κ2) is 9.22. The van der Waals surface area contributed by atoms with Gasteiger partial charge >= 0.3 is 0 Å². The normalized spacial score (nSPS) is 18.6. The second-order valence-electron chi connectivity index (χ2n) is 8.22. The van der Waals surface area contributed by atoms with E-state index in [1.807, 2.05) is 41.2 Å². The number of fused-ring (bicyclic) bond motifs is 1. The minimum atomic E-state index is -0.544. The molecule has 0 unspecified atom stereocenters. The van der Waals surface area contributed by atoms with Crippen LogP contribution in [0.15, 0.2) is 42.9 Å². The van der Waals surface area contributed by atoms with Crippen LogP contribution in [0.25, 0.3) is 11.0 Å². The van der Waals surface area contributed by atoms with Gasteiger partial charge in [0, 0.05) is 32.8 Å². The summed E-state index contributed by atoms with van der Waals surface area (Å²) in [4.78, 5) is 24.5. The first kappa shape index (κ1) is 20.8. The van der Waals surface area contributed by atoms with Crippen molar-refractivity contribution in [3.8, 4) is 0 Å². The number of carbonyl (C=O) groups excluding carboxylic acids is 1. The molecule has 9 heteroatoms. The Balaban J connectivity index is 1.29. The molecule has 3 aromatic rings. The standard InChI is InChI=1S/C23H28N6O3/c30-22(23(6-12-31-13-7-23)18-4-2-1-3-5-18)24-8-9-29-21-19(16-27-29)20(25-17-26-21)28-10-14-32-15-11-28/h1-5,16-17H,6-15H2,(H,24,30). The first-order valence-electron chi connectivity index (χ1n) is 11.2. The van der Waals surface area contributed by atoms with Crippen molar-refractivity contribution in [2.45, 2.75) is 24.8 Å². The van der Waals surface area contributed by atoms with Gasteiger partial charge in [-0.25, -0.2) is 14.6 Å². The summed E-state index contributed by atoms with van der Waals surface area (Å²) in [5.41, 5.74) is 1.28. The molecule has 0 radical (unpaired) electrons. The molecular weight excluding hydrogens is 408 g/mol. The number of hydrogen-bond acceptors (Lipinski definition) is 7. The summed E-state index contributed by atoms with van der Waals surface area (Å²) in [5.74, 6) is 0.936. The molecule has 5 rings (SSSR count). The highest BCUT2D eigenvalue weighted by Gasteiger charge is 2.41. The SMILES string of the molecule is O=C(NCCn1ncc2c(N3CCOCC3)ncnc21)C1(c2ccccc2)CCOCC1. The minimum absolute atomic E-state index is 0.0482. The molecule has 2 aliphatic rings.